The first-order valence-electron chi connectivity index (χ1n) is 8.21. The number of halogens is 1. The quantitative estimate of drug-likeness (QED) is 0.454. The van der Waals surface area contributed by atoms with Crippen LogP contribution in [0.1, 0.15) is 24.2 Å². The van der Waals surface area contributed by atoms with Gasteiger partial charge in [-0.15, -0.1) is 0 Å². The fraction of sp³-hybridized carbons (Fsp3) is 0.529. The number of aromatic nitrogens is 2. The average Bonchev–Trinajstić information content (AvgIpc) is 2.80. The van der Waals surface area contributed by atoms with Crippen molar-refractivity contribution in [2.45, 2.75) is 52.3 Å². The van der Waals surface area contributed by atoms with Gasteiger partial charge in [0.2, 0.25) is 0 Å². The third kappa shape index (κ3) is 5.06. The summed E-state index contributed by atoms with van der Waals surface area (Å²) >= 11 is 6.02. The number of carbonyl (C=O) groups excluding carboxylic acids is 1. The Labute approximate surface area is 149 Å². The molecule has 0 aliphatic heterocycles. The SMILES string of the molecule is CC(C)NC(=O)c1cn(COCC[Si](C)(C)C)c2nc(Cl)ccc12. The van der Waals surface area contributed by atoms with Crippen molar-refractivity contribution >= 4 is 36.6 Å². The van der Waals surface area contributed by atoms with E-state index in [9.17, 15) is 4.79 Å². The minimum absolute atomic E-state index is 0.0733. The molecule has 0 fully saturated rings. The molecule has 132 valence electrons. The summed E-state index contributed by atoms with van der Waals surface area (Å²) in [6.07, 6.45) is 1.79. The number of nitrogens with one attached hydrogen (secondary N) is 1. The molecular weight excluding hydrogens is 342 g/mol. The molecule has 1 amide bonds. The highest BCUT2D eigenvalue weighted by atomic mass is 35.5. The van der Waals surface area contributed by atoms with Gasteiger partial charge in [-0.2, -0.15) is 0 Å². The van der Waals surface area contributed by atoms with Gasteiger partial charge in [-0.1, -0.05) is 31.2 Å². The van der Waals surface area contributed by atoms with Gasteiger partial charge in [0.1, 0.15) is 17.5 Å². The first-order valence-corrected chi connectivity index (χ1v) is 12.3. The zero-order chi connectivity index (χ0) is 17.9. The first kappa shape index (κ1) is 19.0. The van der Waals surface area contributed by atoms with Crippen LogP contribution in [0.5, 0.6) is 0 Å². The Hall–Kier alpha value is -1.37. The molecule has 0 unspecified atom stereocenters. The Balaban J connectivity index is 2.22. The van der Waals surface area contributed by atoms with Crippen molar-refractivity contribution < 1.29 is 9.53 Å². The zero-order valence-corrected chi connectivity index (χ0v) is 16.8. The van der Waals surface area contributed by atoms with E-state index in [4.69, 9.17) is 16.3 Å². The Bertz CT molecular complexity index is 722. The van der Waals surface area contributed by atoms with E-state index in [2.05, 4.69) is 29.9 Å². The van der Waals surface area contributed by atoms with Crippen LogP contribution in [0.3, 0.4) is 0 Å². The lowest BCUT2D eigenvalue weighted by Gasteiger charge is -2.15. The van der Waals surface area contributed by atoms with Crippen LogP contribution in [-0.4, -0.2) is 36.2 Å². The van der Waals surface area contributed by atoms with Crippen LogP contribution >= 0.6 is 11.6 Å². The van der Waals surface area contributed by atoms with Crippen LogP contribution in [-0.2, 0) is 11.5 Å². The monoisotopic (exact) mass is 367 g/mol. The maximum Gasteiger partial charge on any atom is 0.253 e. The molecule has 0 saturated carbocycles. The van der Waals surface area contributed by atoms with Gasteiger partial charge in [0.15, 0.2) is 0 Å². The topological polar surface area (TPSA) is 56.2 Å². The van der Waals surface area contributed by atoms with Crippen molar-refractivity contribution in [2.75, 3.05) is 6.61 Å². The molecule has 2 aromatic rings. The third-order valence-corrected chi connectivity index (χ3v) is 5.49. The van der Waals surface area contributed by atoms with Crippen LogP contribution in [0.2, 0.25) is 30.8 Å². The average molecular weight is 368 g/mol. The van der Waals surface area contributed by atoms with Gasteiger partial charge >= 0.3 is 0 Å². The number of amides is 1. The smallest absolute Gasteiger partial charge is 0.253 e. The lowest BCUT2D eigenvalue weighted by molar-refractivity contribution is 0.0890. The van der Waals surface area contributed by atoms with Gasteiger partial charge in [0.25, 0.3) is 5.91 Å². The second kappa shape index (κ2) is 7.67. The van der Waals surface area contributed by atoms with Crippen molar-refractivity contribution in [3.63, 3.8) is 0 Å². The van der Waals surface area contributed by atoms with E-state index in [0.717, 1.165) is 11.4 Å². The molecule has 0 atom stereocenters. The van der Waals surface area contributed by atoms with Crippen LogP contribution in [0.4, 0.5) is 0 Å². The summed E-state index contributed by atoms with van der Waals surface area (Å²) in [4.78, 5) is 16.8. The first-order chi connectivity index (χ1) is 11.2. The predicted octanol–water partition coefficient (Wildman–Crippen LogP) is 4.14. The molecule has 2 heterocycles. The predicted molar refractivity (Wildman–Crippen MR) is 101 cm³/mol. The van der Waals surface area contributed by atoms with Crippen molar-refractivity contribution in [3.8, 4) is 0 Å². The minimum Gasteiger partial charge on any atom is -0.361 e. The third-order valence-electron chi connectivity index (χ3n) is 3.58. The van der Waals surface area contributed by atoms with Gasteiger partial charge in [-0.05, 0) is 32.0 Å². The summed E-state index contributed by atoms with van der Waals surface area (Å²) in [6.45, 7) is 11.9. The number of nitrogens with zero attached hydrogens (tertiary/aromatic N) is 2. The summed E-state index contributed by atoms with van der Waals surface area (Å²) in [5.74, 6) is -0.111. The molecule has 5 nitrogen and oxygen atoms in total. The highest BCUT2D eigenvalue weighted by molar-refractivity contribution is 6.76. The molecule has 1 N–H and O–H groups in total. The summed E-state index contributed by atoms with van der Waals surface area (Å²) < 4.78 is 7.65. The van der Waals surface area contributed by atoms with Crippen LogP contribution in [0.25, 0.3) is 11.0 Å². The Kier molecular flexibility index (Phi) is 6.06. The number of hydrogen-bond donors (Lipinski definition) is 1. The number of hydrogen-bond acceptors (Lipinski definition) is 3. The van der Waals surface area contributed by atoms with Crippen molar-refractivity contribution in [1.29, 1.82) is 0 Å². The number of carbonyl (C=O) groups is 1. The molecule has 0 spiro atoms. The largest absolute Gasteiger partial charge is 0.361 e. The normalized spacial score (nSPS) is 12.1. The van der Waals surface area contributed by atoms with Crippen LogP contribution in [0.15, 0.2) is 18.3 Å². The molecule has 0 aromatic carbocycles. The summed E-state index contributed by atoms with van der Waals surface area (Å²) in [7, 11) is -1.12. The van der Waals surface area contributed by atoms with Gasteiger partial charge in [0, 0.05) is 32.3 Å². The summed E-state index contributed by atoms with van der Waals surface area (Å²) in [6, 6.07) is 4.70. The highest BCUT2D eigenvalue weighted by Crippen LogP contribution is 2.22. The maximum atomic E-state index is 12.4. The zero-order valence-electron chi connectivity index (χ0n) is 15.0. The van der Waals surface area contributed by atoms with E-state index in [0.29, 0.717) is 29.7 Å². The molecule has 2 aromatic heterocycles. The van der Waals surface area contributed by atoms with Gasteiger partial charge in [0.05, 0.1) is 5.56 Å². The van der Waals surface area contributed by atoms with E-state index in [1.165, 1.54) is 0 Å². The number of pyridine rings is 1. The van der Waals surface area contributed by atoms with Crippen molar-refractivity contribution in [3.05, 3.63) is 29.0 Å². The molecule has 0 radical (unpaired) electrons. The minimum atomic E-state index is -1.12. The molecule has 7 heteroatoms. The second-order valence-electron chi connectivity index (χ2n) is 7.49. The lowest BCUT2D eigenvalue weighted by atomic mass is 10.2. The van der Waals surface area contributed by atoms with Gasteiger partial charge in [-0.25, -0.2) is 4.98 Å². The standard InChI is InChI=1S/C17H26ClN3O2Si/c1-12(2)19-17(22)14-10-21(11-23-8-9-24(3,4)5)16-13(14)6-7-15(18)20-16/h6-7,10,12H,8-9,11H2,1-5H3,(H,19,22). The molecule has 0 bridgehead atoms. The molecule has 0 saturated heterocycles. The Morgan fingerprint density at radius 1 is 1.38 bits per heavy atom. The Morgan fingerprint density at radius 3 is 2.71 bits per heavy atom. The lowest BCUT2D eigenvalue weighted by Crippen LogP contribution is -2.29. The van der Waals surface area contributed by atoms with E-state index >= 15 is 0 Å². The number of rotatable bonds is 7. The van der Waals surface area contributed by atoms with Crippen molar-refractivity contribution in [2.24, 2.45) is 0 Å². The second-order valence-corrected chi connectivity index (χ2v) is 13.5. The van der Waals surface area contributed by atoms with E-state index < -0.39 is 8.07 Å². The van der Waals surface area contributed by atoms with Gasteiger partial charge < -0.3 is 14.6 Å². The molecule has 0 aliphatic carbocycles. The van der Waals surface area contributed by atoms with Crippen LogP contribution in [0, 0.1) is 0 Å². The fourth-order valence-corrected chi connectivity index (χ4v) is 3.20. The summed E-state index contributed by atoms with van der Waals surface area (Å²) in [5, 5.41) is 4.10. The fourth-order valence-electron chi connectivity index (χ4n) is 2.30. The molecule has 0 aliphatic rings. The Morgan fingerprint density at radius 2 is 2.08 bits per heavy atom. The maximum absolute atomic E-state index is 12.4. The van der Waals surface area contributed by atoms with Crippen LogP contribution < -0.4 is 5.32 Å². The summed E-state index contributed by atoms with van der Waals surface area (Å²) in [5.41, 5.74) is 1.26. The number of ether oxygens (including phenoxy) is 1. The highest BCUT2D eigenvalue weighted by Gasteiger charge is 2.17. The number of fused-ring (bicyclic) bond motifs is 1. The molecular formula is C17H26ClN3O2Si. The van der Waals surface area contributed by atoms with Crippen molar-refractivity contribution in [1.82, 2.24) is 14.9 Å². The molecule has 2 rings (SSSR count). The van der Waals surface area contributed by atoms with E-state index in [1.807, 2.05) is 24.5 Å². The molecule has 24 heavy (non-hydrogen) atoms. The van der Waals surface area contributed by atoms with E-state index in [-0.39, 0.29) is 11.9 Å². The van der Waals surface area contributed by atoms with Gasteiger partial charge in [-0.3, -0.25) is 4.79 Å². The van der Waals surface area contributed by atoms with E-state index in [1.54, 1.807) is 12.3 Å².